The predicted octanol–water partition coefficient (Wildman–Crippen LogP) is 2.33. The van der Waals surface area contributed by atoms with Gasteiger partial charge in [0.25, 0.3) is 0 Å². The molecule has 2 heteroatoms. The molecule has 0 aromatic heterocycles. The second-order valence-corrected chi connectivity index (χ2v) is 5.01. The minimum absolute atomic E-state index is 0.420. The Hall–Kier alpha value is -0.0800. The molecule has 0 amide bonds. The van der Waals surface area contributed by atoms with Gasteiger partial charge < -0.3 is 10.1 Å². The summed E-state index contributed by atoms with van der Waals surface area (Å²) in [4.78, 5) is 0. The van der Waals surface area contributed by atoms with E-state index in [4.69, 9.17) is 4.74 Å². The van der Waals surface area contributed by atoms with Gasteiger partial charge >= 0.3 is 0 Å². The molecule has 0 aromatic carbocycles. The molecule has 2 rings (SSSR count). The number of ether oxygens (including phenoxy) is 1. The van der Waals surface area contributed by atoms with Crippen LogP contribution in [0.25, 0.3) is 0 Å². The van der Waals surface area contributed by atoms with Crippen molar-refractivity contribution >= 4 is 0 Å². The van der Waals surface area contributed by atoms with Crippen molar-refractivity contribution in [1.82, 2.24) is 5.32 Å². The highest BCUT2D eigenvalue weighted by Crippen LogP contribution is 2.25. The van der Waals surface area contributed by atoms with Crippen molar-refractivity contribution in [2.24, 2.45) is 5.92 Å². The lowest BCUT2D eigenvalue weighted by atomic mass is 9.85. The van der Waals surface area contributed by atoms with Crippen LogP contribution in [0.2, 0.25) is 0 Å². The van der Waals surface area contributed by atoms with Crippen molar-refractivity contribution in [2.45, 2.75) is 64.1 Å². The van der Waals surface area contributed by atoms with Crippen LogP contribution in [0.4, 0.5) is 0 Å². The Morgan fingerprint density at radius 1 is 1.00 bits per heavy atom. The van der Waals surface area contributed by atoms with E-state index in [-0.39, 0.29) is 0 Å². The summed E-state index contributed by atoms with van der Waals surface area (Å²) in [6.07, 6.45) is 7.22. The zero-order valence-corrected chi connectivity index (χ0v) is 9.46. The lowest BCUT2D eigenvalue weighted by molar-refractivity contribution is 0.106. The van der Waals surface area contributed by atoms with Crippen molar-refractivity contribution < 1.29 is 4.74 Å². The van der Waals surface area contributed by atoms with Gasteiger partial charge in [-0.1, -0.05) is 19.8 Å². The van der Waals surface area contributed by atoms with Gasteiger partial charge in [0.1, 0.15) is 0 Å². The Morgan fingerprint density at radius 3 is 2.43 bits per heavy atom. The van der Waals surface area contributed by atoms with Crippen molar-refractivity contribution in [3.05, 3.63) is 0 Å². The van der Waals surface area contributed by atoms with Crippen LogP contribution in [0, 0.1) is 5.92 Å². The molecule has 14 heavy (non-hydrogen) atoms. The van der Waals surface area contributed by atoms with E-state index in [9.17, 15) is 0 Å². The number of hydrogen-bond acceptors (Lipinski definition) is 2. The quantitative estimate of drug-likeness (QED) is 0.733. The molecule has 0 bridgehead atoms. The van der Waals surface area contributed by atoms with Crippen LogP contribution in [-0.2, 0) is 4.74 Å². The van der Waals surface area contributed by atoms with Gasteiger partial charge in [-0.05, 0) is 32.1 Å². The van der Waals surface area contributed by atoms with E-state index in [2.05, 4.69) is 19.2 Å². The SMILES string of the molecule is C[C@@H]1CCCC[C@@H]1N[C@H]1CCO[C@H]1C. The number of nitrogens with one attached hydrogen (secondary N) is 1. The number of rotatable bonds is 2. The van der Waals surface area contributed by atoms with Crippen LogP contribution in [0.5, 0.6) is 0 Å². The first-order valence-electron chi connectivity index (χ1n) is 6.15. The molecule has 0 spiro atoms. The molecule has 1 saturated carbocycles. The van der Waals surface area contributed by atoms with E-state index >= 15 is 0 Å². The molecule has 4 atom stereocenters. The Bertz CT molecular complexity index is 183. The fourth-order valence-electron chi connectivity index (χ4n) is 2.79. The Kier molecular flexibility index (Phi) is 3.45. The third-order valence-corrected chi connectivity index (χ3v) is 3.92. The standard InChI is InChI=1S/C12H23NO/c1-9-5-3-4-6-11(9)13-12-7-8-14-10(12)2/h9-13H,3-8H2,1-2H3/t9-,10+,11+,12+/m1/s1. The molecular weight excluding hydrogens is 174 g/mol. The molecule has 0 radical (unpaired) electrons. The molecule has 82 valence electrons. The smallest absolute Gasteiger partial charge is 0.0700 e. The van der Waals surface area contributed by atoms with Gasteiger partial charge in [-0.2, -0.15) is 0 Å². The molecule has 1 saturated heterocycles. The van der Waals surface area contributed by atoms with Crippen molar-refractivity contribution in [3.8, 4) is 0 Å². The monoisotopic (exact) mass is 197 g/mol. The first-order valence-corrected chi connectivity index (χ1v) is 6.15. The molecular formula is C12H23NO. The highest BCUT2D eigenvalue weighted by Gasteiger charge is 2.29. The summed E-state index contributed by atoms with van der Waals surface area (Å²) in [6.45, 7) is 5.52. The highest BCUT2D eigenvalue weighted by molar-refractivity contribution is 4.86. The molecule has 1 aliphatic carbocycles. The maximum atomic E-state index is 5.58. The summed E-state index contributed by atoms with van der Waals surface area (Å²) < 4.78 is 5.58. The lowest BCUT2D eigenvalue weighted by Crippen LogP contribution is -2.46. The fraction of sp³-hybridized carbons (Fsp3) is 1.00. The molecule has 0 aromatic rings. The van der Waals surface area contributed by atoms with E-state index in [1.807, 2.05) is 0 Å². The van der Waals surface area contributed by atoms with Gasteiger partial charge in [-0.15, -0.1) is 0 Å². The van der Waals surface area contributed by atoms with Crippen LogP contribution in [-0.4, -0.2) is 24.8 Å². The minimum atomic E-state index is 0.420. The average molecular weight is 197 g/mol. The van der Waals surface area contributed by atoms with E-state index < -0.39 is 0 Å². The molecule has 0 unspecified atom stereocenters. The van der Waals surface area contributed by atoms with Gasteiger partial charge in [-0.25, -0.2) is 0 Å². The lowest BCUT2D eigenvalue weighted by Gasteiger charge is -2.32. The zero-order valence-electron chi connectivity index (χ0n) is 9.46. The maximum absolute atomic E-state index is 5.58. The minimum Gasteiger partial charge on any atom is -0.377 e. The Labute approximate surface area is 87.4 Å². The zero-order chi connectivity index (χ0) is 9.97. The summed E-state index contributed by atoms with van der Waals surface area (Å²) in [5.74, 6) is 0.858. The van der Waals surface area contributed by atoms with Crippen molar-refractivity contribution in [3.63, 3.8) is 0 Å². The van der Waals surface area contributed by atoms with E-state index in [1.54, 1.807) is 0 Å². The van der Waals surface area contributed by atoms with Gasteiger partial charge in [0.05, 0.1) is 6.10 Å². The second-order valence-electron chi connectivity index (χ2n) is 5.01. The van der Waals surface area contributed by atoms with Crippen LogP contribution in [0.3, 0.4) is 0 Å². The predicted molar refractivity (Wildman–Crippen MR) is 58.4 cm³/mol. The first-order chi connectivity index (χ1) is 6.77. The van der Waals surface area contributed by atoms with E-state index in [0.29, 0.717) is 12.1 Å². The van der Waals surface area contributed by atoms with E-state index in [0.717, 1.165) is 18.6 Å². The molecule has 2 nitrogen and oxygen atoms in total. The summed E-state index contributed by atoms with van der Waals surface area (Å²) in [5.41, 5.74) is 0. The normalized spacial score (nSPS) is 44.1. The number of hydrogen-bond donors (Lipinski definition) is 1. The van der Waals surface area contributed by atoms with Crippen LogP contribution < -0.4 is 5.32 Å². The van der Waals surface area contributed by atoms with Gasteiger partial charge in [-0.3, -0.25) is 0 Å². The molecule has 2 aliphatic rings. The Balaban J connectivity index is 1.83. The van der Waals surface area contributed by atoms with Crippen molar-refractivity contribution in [1.29, 1.82) is 0 Å². The molecule has 2 fully saturated rings. The summed E-state index contributed by atoms with van der Waals surface area (Å²) in [5, 5.41) is 3.79. The topological polar surface area (TPSA) is 21.3 Å². The largest absolute Gasteiger partial charge is 0.377 e. The van der Waals surface area contributed by atoms with E-state index in [1.165, 1.54) is 32.1 Å². The molecule has 1 heterocycles. The average Bonchev–Trinajstić information content (AvgIpc) is 2.56. The van der Waals surface area contributed by atoms with Crippen LogP contribution in [0.15, 0.2) is 0 Å². The summed E-state index contributed by atoms with van der Waals surface area (Å²) in [7, 11) is 0. The van der Waals surface area contributed by atoms with Gasteiger partial charge in [0.15, 0.2) is 0 Å². The van der Waals surface area contributed by atoms with Gasteiger partial charge in [0.2, 0.25) is 0 Å². The third-order valence-electron chi connectivity index (χ3n) is 3.92. The summed E-state index contributed by atoms with van der Waals surface area (Å²) in [6, 6.07) is 1.36. The first kappa shape index (κ1) is 10.4. The van der Waals surface area contributed by atoms with Gasteiger partial charge in [0, 0.05) is 18.7 Å². The molecule has 1 N–H and O–H groups in total. The molecule has 1 aliphatic heterocycles. The van der Waals surface area contributed by atoms with Crippen LogP contribution >= 0.6 is 0 Å². The third kappa shape index (κ3) is 2.29. The second kappa shape index (κ2) is 4.63. The summed E-state index contributed by atoms with van der Waals surface area (Å²) >= 11 is 0. The fourth-order valence-corrected chi connectivity index (χ4v) is 2.79. The van der Waals surface area contributed by atoms with Crippen molar-refractivity contribution in [2.75, 3.05) is 6.61 Å². The maximum Gasteiger partial charge on any atom is 0.0700 e. The van der Waals surface area contributed by atoms with Crippen LogP contribution in [0.1, 0.15) is 46.0 Å². The Morgan fingerprint density at radius 2 is 1.79 bits per heavy atom. The highest BCUT2D eigenvalue weighted by atomic mass is 16.5.